The number of benzene rings is 1. The fourth-order valence-corrected chi connectivity index (χ4v) is 1.85. The van der Waals surface area contributed by atoms with Crippen LogP contribution >= 0.6 is 15.9 Å². The average Bonchev–Trinajstić information content (AvgIpc) is 2.18. The van der Waals surface area contributed by atoms with Crippen molar-refractivity contribution in [1.82, 2.24) is 0 Å². The van der Waals surface area contributed by atoms with E-state index in [4.69, 9.17) is 23.1 Å². The zero-order chi connectivity index (χ0) is 12.3. The molecular formula is C10H13BBrNO3. The topological polar surface area (TPSA) is 64.7 Å². The number of hydrogen-bond acceptors (Lipinski definition) is 4. The molecule has 1 atom stereocenters. The average molecular weight is 286 g/mol. The molecule has 2 radical (unpaired) electrons. The summed E-state index contributed by atoms with van der Waals surface area (Å²) in [6, 6.07) is 3.45. The van der Waals surface area contributed by atoms with Gasteiger partial charge in [0.25, 0.3) is 0 Å². The van der Waals surface area contributed by atoms with Crippen LogP contribution in [0.4, 0.5) is 0 Å². The molecule has 0 bridgehead atoms. The van der Waals surface area contributed by atoms with Crippen LogP contribution in [0.5, 0.6) is 11.5 Å². The molecule has 16 heavy (non-hydrogen) atoms. The Bertz CT molecular complexity index is 379. The summed E-state index contributed by atoms with van der Waals surface area (Å²) < 4.78 is 11.1. The van der Waals surface area contributed by atoms with Crippen molar-refractivity contribution in [1.29, 1.82) is 0 Å². The standard InChI is InChI=1S/C10H13BBrNO3/c1-15-8-4-7(12)9(16-2)3-6(8)5-10(11,13)14/h3-4,14H,5,13H2,1-2H3. The Balaban J connectivity index is 3.15. The number of nitrogens with two attached hydrogens (primary N) is 1. The Labute approximate surface area is 104 Å². The maximum Gasteiger partial charge on any atom is 0.135 e. The summed E-state index contributed by atoms with van der Waals surface area (Å²) in [6.07, 6.45) is 0.0693. The summed E-state index contributed by atoms with van der Waals surface area (Å²) in [5, 5.41) is 9.37. The molecule has 1 aromatic rings. The van der Waals surface area contributed by atoms with Crippen molar-refractivity contribution in [2.75, 3.05) is 14.2 Å². The summed E-state index contributed by atoms with van der Waals surface area (Å²) in [6.45, 7) is 0. The fraction of sp³-hybridized carbons (Fsp3) is 0.400. The van der Waals surface area contributed by atoms with Crippen molar-refractivity contribution >= 4 is 23.8 Å². The van der Waals surface area contributed by atoms with Crippen molar-refractivity contribution < 1.29 is 14.6 Å². The molecule has 1 aromatic carbocycles. The number of halogens is 1. The molecule has 0 aliphatic heterocycles. The van der Waals surface area contributed by atoms with Gasteiger partial charge in [-0.2, -0.15) is 0 Å². The van der Waals surface area contributed by atoms with E-state index in [2.05, 4.69) is 15.9 Å². The van der Waals surface area contributed by atoms with Gasteiger partial charge in [-0.25, -0.2) is 0 Å². The molecule has 0 saturated carbocycles. The van der Waals surface area contributed by atoms with Crippen LogP contribution in [-0.4, -0.2) is 32.8 Å². The molecule has 1 unspecified atom stereocenters. The van der Waals surface area contributed by atoms with E-state index in [1.54, 1.807) is 19.2 Å². The predicted octanol–water partition coefficient (Wildman–Crippen LogP) is 0.782. The molecule has 0 amide bonds. The lowest BCUT2D eigenvalue weighted by molar-refractivity contribution is 0.135. The first kappa shape index (κ1) is 13.4. The molecule has 0 fully saturated rings. The number of aliphatic hydroxyl groups is 1. The number of rotatable bonds is 4. The van der Waals surface area contributed by atoms with Crippen LogP contribution in [-0.2, 0) is 6.42 Å². The van der Waals surface area contributed by atoms with Crippen molar-refractivity contribution in [2.24, 2.45) is 5.73 Å². The van der Waals surface area contributed by atoms with Gasteiger partial charge in [0.1, 0.15) is 19.3 Å². The van der Waals surface area contributed by atoms with Crippen molar-refractivity contribution in [3.63, 3.8) is 0 Å². The van der Waals surface area contributed by atoms with Crippen LogP contribution in [0.25, 0.3) is 0 Å². The van der Waals surface area contributed by atoms with E-state index in [1.807, 2.05) is 0 Å². The summed E-state index contributed by atoms with van der Waals surface area (Å²) in [5.74, 6) is 1.21. The van der Waals surface area contributed by atoms with Gasteiger partial charge in [-0.05, 0) is 28.1 Å². The van der Waals surface area contributed by atoms with Crippen molar-refractivity contribution in [2.45, 2.75) is 12.0 Å². The van der Waals surface area contributed by atoms with Crippen molar-refractivity contribution in [3.8, 4) is 11.5 Å². The maximum atomic E-state index is 9.37. The highest BCUT2D eigenvalue weighted by atomic mass is 79.9. The predicted molar refractivity (Wildman–Crippen MR) is 65.8 cm³/mol. The minimum atomic E-state index is -1.77. The number of methoxy groups -OCH3 is 2. The third-order valence-corrected chi connectivity index (χ3v) is 2.65. The normalized spacial score (nSPS) is 14.3. The second kappa shape index (κ2) is 5.08. The summed E-state index contributed by atoms with van der Waals surface area (Å²) in [7, 11) is 8.43. The van der Waals surface area contributed by atoms with Crippen molar-refractivity contribution in [3.05, 3.63) is 22.2 Å². The van der Waals surface area contributed by atoms with Crippen LogP contribution in [0.2, 0.25) is 0 Å². The van der Waals surface area contributed by atoms with Gasteiger partial charge in [-0.3, -0.25) is 0 Å². The lowest BCUT2D eigenvalue weighted by atomic mass is 9.85. The van der Waals surface area contributed by atoms with Gasteiger partial charge >= 0.3 is 0 Å². The van der Waals surface area contributed by atoms with Gasteiger partial charge in [0.15, 0.2) is 0 Å². The second-order valence-corrected chi connectivity index (χ2v) is 4.32. The molecule has 0 saturated heterocycles. The van der Waals surface area contributed by atoms with Crippen LogP contribution in [0.3, 0.4) is 0 Å². The van der Waals surface area contributed by atoms with E-state index in [0.29, 0.717) is 17.1 Å². The Morgan fingerprint density at radius 3 is 2.38 bits per heavy atom. The van der Waals surface area contributed by atoms with E-state index in [9.17, 15) is 5.11 Å². The van der Waals surface area contributed by atoms with E-state index in [1.165, 1.54) is 7.11 Å². The Kier molecular flexibility index (Phi) is 4.24. The quantitative estimate of drug-likeness (QED) is 0.634. The third-order valence-electron chi connectivity index (χ3n) is 2.03. The Morgan fingerprint density at radius 2 is 1.94 bits per heavy atom. The molecule has 0 heterocycles. The number of ether oxygens (including phenoxy) is 2. The fourth-order valence-electron chi connectivity index (χ4n) is 1.37. The highest BCUT2D eigenvalue weighted by molar-refractivity contribution is 9.10. The molecule has 1 rings (SSSR count). The van der Waals surface area contributed by atoms with Gasteiger partial charge in [-0.15, -0.1) is 0 Å². The second-order valence-electron chi connectivity index (χ2n) is 3.47. The summed E-state index contributed by atoms with van der Waals surface area (Å²) >= 11 is 3.33. The number of hydrogen-bond donors (Lipinski definition) is 2. The molecular weight excluding hydrogens is 273 g/mol. The molecule has 6 heteroatoms. The molecule has 0 aliphatic carbocycles. The molecule has 86 valence electrons. The Morgan fingerprint density at radius 1 is 1.38 bits per heavy atom. The maximum absolute atomic E-state index is 9.37. The molecule has 0 aromatic heterocycles. The van der Waals surface area contributed by atoms with Crippen LogP contribution < -0.4 is 15.2 Å². The largest absolute Gasteiger partial charge is 0.496 e. The first-order valence-electron chi connectivity index (χ1n) is 4.58. The summed E-state index contributed by atoms with van der Waals surface area (Å²) in [4.78, 5) is 0. The van der Waals surface area contributed by atoms with Crippen LogP contribution in [0.15, 0.2) is 16.6 Å². The molecule has 3 N–H and O–H groups in total. The van der Waals surface area contributed by atoms with Gasteiger partial charge in [0.2, 0.25) is 0 Å². The van der Waals surface area contributed by atoms with Gasteiger partial charge in [-0.1, -0.05) is 0 Å². The highest BCUT2D eigenvalue weighted by Gasteiger charge is 2.18. The van der Waals surface area contributed by atoms with Gasteiger partial charge in [0, 0.05) is 12.0 Å². The summed E-state index contributed by atoms with van der Waals surface area (Å²) in [5.41, 5.74) is 4.25. The zero-order valence-electron chi connectivity index (χ0n) is 9.16. The first-order chi connectivity index (χ1) is 7.37. The molecule has 0 spiro atoms. The van der Waals surface area contributed by atoms with Crippen LogP contribution in [0, 0.1) is 0 Å². The lowest BCUT2D eigenvalue weighted by Gasteiger charge is -2.20. The monoisotopic (exact) mass is 285 g/mol. The minimum Gasteiger partial charge on any atom is -0.496 e. The smallest absolute Gasteiger partial charge is 0.135 e. The zero-order valence-corrected chi connectivity index (χ0v) is 10.7. The minimum absolute atomic E-state index is 0.0693. The third kappa shape index (κ3) is 3.40. The molecule has 0 aliphatic rings. The van der Waals surface area contributed by atoms with E-state index in [-0.39, 0.29) is 6.42 Å². The van der Waals surface area contributed by atoms with E-state index in [0.717, 1.165) is 4.47 Å². The molecule has 4 nitrogen and oxygen atoms in total. The lowest BCUT2D eigenvalue weighted by Crippen LogP contribution is -2.42. The SMILES string of the molecule is [B]C(N)(O)Cc1cc(OC)c(Br)cc1OC. The van der Waals surface area contributed by atoms with Gasteiger partial charge < -0.3 is 20.3 Å². The first-order valence-corrected chi connectivity index (χ1v) is 5.37. The van der Waals surface area contributed by atoms with E-state index >= 15 is 0 Å². The Hall–Kier alpha value is -0.715. The van der Waals surface area contributed by atoms with Crippen LogP contribution in [0.1, 0.15) is 5.56 Å². The highest BCUT2D eigenvalue weighted by Crippen LogP contribution is 2.33. The van der Waals surface area contributed by atoms with Gasteiger partial charge in [0.05, 0.1) is 24.3 Å². The van der Waals surface area contributed by atoms with E-state index < -0.39 is 5.62 Å².